The van der Waals surface area contributed by atoms with E-state index in [2.05, 4.69) is 20.2 Å². The molecule has 7 nitrogen and oxygen atoms in total. The van der Waals surface area contributed by atoms with Crippen molar-refractivity contribution in [2.45, 2.75) is 30.7 Å². The summed E-state index contributed by atoms with van der Waals surface area (Å²) in [5.41, 5.74) is 4.91. The lowest BCUT2D eigenvalue weighted by Gasteiger charge is -2.11. The fourth-order valence-corrected chi connectivity index (χ4v) is 5.94. The summed E-state index contributed by atoms with van der Waals surface area (Å²) < 4.78 is 47.9. The Balaban J connectivity index is 1.12. The number of aromatic nitrogens is 2. The Morgan fingerprint density at radius 1 is 1.03 bits per heavy atom. The quantitative estimate of drug-likeness (QED) is 0.241. The summed E-state index contributed by atoms with van der Waals surface area (Å²) in [4.78, 5) is 4.38. The molecule has 2 heterocycles. The molecule has 0 atom stereocenters. The van der Waals surface area contributed by atoms with E-state index in [9.17, 15) is 12.8 Å². The average molecular weight is 511 g/mol. The molecule has 5 aromatic rings. The van der Waals surface area contributed by atoms with Crippen LogP contribution in [0.5, 0.6) is 0 Å². The summed E-state index contributed by atoms with van der Waals surface area (Å²) >= 11 is 1.41. The summed E-state index contributed by atoms with van der Waals surface area (Å²) in [6, 6.07) is 16.9. The molecule has 0 aliphatic rings. The van der Waals surface area contributed by atoms with Gasteiger partial charge in [-0.25, -0.2) is 17.8 Å². The highest BCUT2D eigenvalue weighted by molar-refractivity contribution is 7.93. The van der Waals surface area contributed by atoms with Crippen LogP contribution in [-0.2, 0) is 23.0 Å². The van der Waals surface area contributed by atoms with E-state index >= 15 is 0 Å². The zero-order valence-electron chi connectivity index (χ0n) is 18.7. The molecule has 0 saturated carbocycles. The molecule has 35 heavy (non-hydrogen) atoms. The van der Waals surface area contributed by atoms with E-state index in [4.69, 9.17) is 4.52 Å². The zero-order valence-corrected chi connectivity index (χ0v) is 20.3. The number of aryl methyl sites for hydroxylation is 1. The maximum atomic E-state index is 13.3. The summed E-state index contributed by atoms with van der Waals surface area (Å²) in [7, 11) is -3.76. The van der Waals surface area contributed by atoms with Gasteiger partial charge in [-0.2, -0.15) is 0 Å². The number of benzene rings is 3. The van der Waals surface area contributed by atoms with Crippen molar-refractivity contribution < 1.29 is 17.3 Å². The van der Waals surface area contributed by atoms with Gasteiger partial charge in [0.15, 0.2) is 5.58 Å². The minimum atomic E-state index is -3.76. The molecule has 0 unspecified atom stereocenters. The number of halogens is 1. The first-order chi connectivity index (χ1) is 17.0. The molecular formula is C25H23FN4O3S2. The third kappa shape index (κ3) is 5.34. The lowest BCUT2D eigenvalue weighted by molar-refractivity contribution is 0.442. The highest BCUT2D eigenvalue weighted by atomic mass is 32.2. The summed E-state index contributed by atoms with van der Waals surface area (Å²) in [5.74, 6) is -0.335. The Morgan fingerprint density at radius 3 is 2.83 bits per heavy atom. The van der Waals surface area contributed by atoms with E-state index in [0.29, 0.717) is 23.3 Å². The van der Waals surface area contributed by atoms with Crippen LogP contribution in [0.15, 0.2) is 75.6 Å². The largest absolute Gasteiger partial charge is 0.356 e. The number of para-hydroxylation sites is 1. The van der Waals surface area contributed by atoms with Crippen molar-refractivity contribution in [3.05, 3.63) is 83.2 Å². The minimum absolute atomic E-state index is 0.171. The second-order valence-electron chi connectivity index (χ2n) is 8.16. The van der Waals surface area contributed by atoms with Gasteiger partial charge in [-0.1, -0.05) is 23.4 Å². The monoisotopic (exact) mass is 510 g/mol. The molecule has 0 radical (unpaired) electrons. The molecule has 0 amide bonds. The Bertz CT molecular complexity index is 1580. The number of thiazole rings is 1. The molecule has 0 fully saturated rings. The summed E-state index contributed by atoms with van der Waals surface area (Å²) in [6.45, 7) is 1.41. The average Bonchev–Trinajstić information content (AvgIpc) is 3.47. The number of nitrogens with one attached hydrogen (secondary N) is 2. The van der Waals surface area contributed by atoms with Crippen molar-refractivity contribution >= 4 is 48.2 Å². The number of anilines is 1. The first-order valence-electron chi connectivity index (χ1n) is 11.2. The number of sulfonamides is 1. The third-order valence-corrected chi connectivity index (χ3v) is 7.85. The van der Waals surface area contributed by atoms with Gasteiger partial charge in [0.2, 0.25) is 0 Å². The molecule has 0 aliphatic heterocycles. The number of unbranched alkanes of at least 4 members (excludes halogenated alkanes) is 1. The van der Waals surface area contributed by atoms with E-state index in [1.807, 2.05) is 24.3 Å². The first-order valence-corrected chi connectivity index (χ1v) is 13.5. The van der Waals surface area contributed by atoms with Crippen LogP contribution in [0.3, 0.4) is 0 Å². The molecule has 0 bridgehead atoms. The van der Waals surface area contributed by atoms with Crippen molar-refractivity contribution in [1.29, 1.82) is 0 Å². The molecular weight excluding hydrogens is 487 g/mol. The molecule has 2 N–H and O–H groups in total. The van der Waals surface area contributed by atoms with Gasteiger partial charge < -0.3 is 9.84 Å². The van der Waals surface area contributed by atoms with Crippen LogP contribution in [0.2, 0.25) is 0 Å². The van der Waals surface area contributed by atoms with Crippen LogP contribution in [0, 0.1) is 5.82 Å². The predicted molar refractivity (Wildman–Crippen MR) is 135 cm³/mol. The molecule has 5 rings (SSSR count). The first kappa shape index (κ1) is 23.4. The Kier molecular flexibility index (Phi) is 6.76. The van der Waals surface area contributed by atoms with Gasteiger partial charge >= 0.3 is 0 Å². The topological polar surface area (TPSA) is 97.1 Å². The van der Waals surface area contributed by atoms with Gasteiger partial charge in [-0.05, 0) is 67.8 Å². The number of hydrogen-bond donors (Lipinski definition) is 2. The number of hydrogen-bond acceptors (Lipinski definition) is 7. The Hall–Kier alpha value is -3.34. The highest BCUT2D eigenvalue weighted by Gasteiger charge is 2.19. The van der Waals surface area contributed by atoms with Gasteiger partial charge in [0.1, 0.15) is 16.2 Å². The van der Waals surface area contributed by atoms with E-state index < -0.39 is 10.0 Å². The van der Waals surface area contributed by atoms with Crippen LogP contribution < -0.4 is 10.0 Å². The van der Waals surface area contributed by atoms with Crippen LogP contribution in [0.1, 0.15) is 24.1 Å². The van der Waals surface area contributed by atoms with E-state index in [0.717, 1.165) is 47.2 Å². The molecule has 0 spiro atoms. The van der Waals surface area contributed by atoms with Crippen molar-refractivity contribution in [3.8, 4) is 0 Å². The summed E-state index contributed by atoms with van der Waals surface area (Å²) in [6.07, 6.45) is 2.59. The molecule has 0 saturated heterocycles. The van der Waals surface area contributed by atoms with E-state index in [1.54, 1.807) is 29.8 Å². The van der Waals surface area contributed by atoms with Crippen LogP contribution in [0.25, 0.3) is 21.2 Å². The van der Waals surface area contributed by atoms with Crippen molar-refractivity contribution in [1.82, 2.24) is 15.5 Å². The second kappa shape index (κ2) is 10.1. The van der Waals surface area contributed by atoms with Gasteiger partial charge in [0, 0.05) is 23.7 Å². The van der Waals surface area contributed by atoms with Gasteiger partial charge in [-0.15, -0.1) is 11.3 Å². The highest BCUT2D eigenvalue weighted by Crippen LogP contribution is 2.26. The lowest BCUT2D eigenvalue weighted by atomic mass is 10.1. The summed E-state index contributed by atoms with van der Waals surface area (Å²) in [5, 5.41) is 8.30. The second-order valence-corrected chi connectivity index (χ2v) is 10.7. The van der Waals surface area contributed by atoms with Crippen LogP contribution >= 0.6 is 11.3 Å². The standard InChI is InChI=1S/C25H23FN4O3S2/c26-18-10-11-20-21(29-33-22(20)14-18)7-1-2-12-27-15-17-5-3-6-19(13-17)30-35(31,32)24-9-4-8-23-25(24)28-16-34-23/h3-6,8-11,13-14,16,27,30H,1-2,7,12,15H2. The zero-order chi connectivity index (χ0) is 24.3. The molecule has 3 aromatic carbocycles. The number of fused-ring (bicyclic) bond motifs is 2. The Labute approximate surface area is 206 Å². The smallest absolute Gasteiger partial charge is 0.264 e. The van der Waals surface area contributed by atoms with Crippen molar-refractivity contribution in [2.75, 3.05) is 11.3 Å². The van der Waals surface area contributed by atoms with Gasteiger partial charge in [-0.3, -0.25) is 4.72 Å². The third-order valence-electron chi connectivity index (χ3n) is 5.65. The number of rotatable bonds is 10. The molecule has 10 heteroatoms. The fraction of sp³-hybridized carbons (Fsp3) is 0.200. The van der Waals surface area contributed by atoms with Crippen molar-refractivity contribution in [2.24, 2.45) is 0 Å². The van der Waals surface area contributed by atoms with Gasteiger partial charge in [0.25, 0.3) is 10.0 Å². The van der Waals surface area contributed by atoms with Crippen molar-refractivity contribution in [3.63, 3.8) is 0 Å². The van der Waals surface area contributed by atoms with E-state index in [1.165, 1.54) is 23.5 Å². The van der Waals surface area contributed by atoms with Crippen LogP contribution in [-0.4, -0.2) is 25.1 Å². The maximum Gasteiger partial charge on any atom is 0.264 e. The minimum Gasteiger partial charge on any atom is -0.356 e. The fourth-order valence-electron chi connectivity index (χ4n) is 3.95. The molecule has 2 aromatic heterocycles. The predicted octanol–water partition coefficient (Wildman–Crippen LogP) is 5.49. The lowest BCUT2D eigenvalue weighted by Crippen LogP contribution is -2.16. The van der Waals surface area contributed by atoms with Crippen LogP contribution in [0.4, 0.5) is 10.1 Å². The SMILES string of the molecule is O=S(=O)(Nc1cccc(CNCCCCc2noc3cc(F)ccc23)c1)c1cccc2scnc12. The maximum absolute atomic E-state index is 13.3. The Morgan fingerprint density at radius 2 is 1.91 bits per heavy atom. The van der Waals surface area contributed by atoms with Gasteiger partial charge in [0.05, 0.1) is 15.9 Å². The number of nitrogens with zero attached hydrogens (tertiary/aromatic N) is 2. The molecule has 180 valence electrons. The normalized spacial score (nSPS) is 11.9. The molecule has 0 aliphatic carbocycles. The van der Waals surface area contributed by atoms with E-state index in [-0.39, 0.29) is 10.7 Å².